The molecule has 0 saturated heterocycles. The van der Waals surface area contributed by atoms with Crippen LogP contribution in [-0.4, -0.2) is 25.1 Å². The highest BCUT2D eigenvalue weighted by Gasteiger charge is 2.30. The molecule has 182 valence electrons. The van der Waals surface area contributed by atoms with Gasteiger partial charge in [-0.2, -0.15) is 13.2 Å². The van der Waals surface area contributed by atoms with Crippen LogP contribution in [0.4, 0.5) is 18.3 Å². The van der Waals surface area contributed by atoms with E-state index in [9.17, 15) is 26.7 Å². The van der Waals surface area contributed by atoms with Crippen LogP contribution in [0.2, 0.25) is 0 Å². The number of hydrogen-bond acceptors (Lipinski definition) is 6. The van der Waals surface area contributed by atoms with Crippen molar-refractivity contribution in [2.24, 2.45) is 0 Å². The molecule has 0 spiro atoms. The number of benzene rings is 3. The summed E-state index contributed by atoms with van der Waals surface area (Å²) in [6.45, 7) is -0.233. The van der Waals surface area contributed by atoms with Gasteiger partial charge in [0.2, 0.25) is 0 Å². The van der Waals surface area contributed by atoms with E-state index in [0.29, 0.717) is 11.3 Å². The number of hydrogen-bond donors (Lipinski definition) is 2. The van der Waals surface area contributed by atoms with Gasteiger partial charge in [0.25, 0.3) is 10.0 Å². The highest BCUT2D eigenvalue weighted by Crippen LogP contribution is 2.32. The lowest BCUT2D eigenvalue weighted by molar-refractivity contribution is -0.137. The molecule has 0 radical (unpaired) electrons. The Bertz CT molecular complexity index is 1390. The number of rotatable bonds is 8. The summed E-state index contributed by atoms with van der Waals surface area (Å²) in [5.74, 6) is 0.689. The number of ether oxygens (including phenoxy) is 1. The number of nitrogens with zero attached hydrogens (tertiary/aromatic N) is 1. The minimum Gasteiger partial charge on any atom is -0.457 e. The first-order chi connectivity index (χ1) is 16.7. The van der Waals surface area contributed by atoms with Gasteiger partial charge in [-0.15, -0.1) is 11.3 Å². The van der Waals surface area contributed by atoms with E-state index in [1.165, 1.54) is 24.4 Å². The van der Waals surface area contributed by atoms with E-state index in [4.69, 9.17) is 4.74 Å². The highest BCUT2D eigenvalue weighted by atomic mass is 32.2. The van der Waals surface area contributed by atoms with Crippen molar-refractivity contribution in [1.29, 1.82) is 0 Å². The normalized spacial score (nSPS) is 11.9. The molecule has 0 fully saturated rings. The van der Waals surface area contributed by atoms with Crippen molar-refractivity contribution >= 4 is 26.5 Å². The summed E-state index contributed by atoms with van der Waals surface area (Å²) in [5, 5.41) is 11.4. The molecule has 0 aliphatic heterocycles. The molecule has 4 aromatic rings. The molecular formula is C24H19F3N2O4S2. The topological polar surface area (TPSA) is 88.5 Å². The largest absolute Gasteiger partial charge is 0.457 e. The maximum absolute atomic E-state index is 12.8. The van der Waals surface area contributed by atoms with Crippen molar-refractivity contribution < 1.29 is 31.4 Å². The summed E-state index contributed by atoms with van der Waals surface area (Å²) in [6.07, 6.45) is -2.79. The molecule has 0 aliphatic rings. The monoisotopic (exact) mass is 520 g/mol. The van der Waals surface area contributed by atoms with Gasteiger partial charge >= 0.3 is 6.18 Å². The number of nitrogens with one attached hydrogen (secondary N) is 1. The Balaban J connectivity index is 1.54. The van der Waals surface area contributed by atoms with E-state index in [1.54, 1.807) is 41.8 Å². The zero-order chi connectivity index (χ0) is 25.1. The predicted octanol–water partition coefficient (Wildman–Crippen LogP) is 5.96. The molecule has 0 bridgehead atoms. The Hall–Kier alpha value is -3.41. The fourth-order valence-corrected chi connectivity index (χ4v) is 5.38. The molecule has 0 saturated carbocycles. The lowest BCUT2D eigenvalue weighted by Crippen LogP contribution is -2.15. The smallest absolute Gasteiger partial charge is 0.416 e. The molecule has 0 aliphatic carbocycles. The molecule has 11 heteroatoms. The van der Waals surface area contributed by atoms with E-state index < -0.39 is 21.8 Å². The first kappa shape index (κ1) is 24.7. The average molecular weight is 521 g/mol. The maximum atomic E-state index is 12.8. The van der Waals surface area contributed by atoms with Crippen LogP contribution in [0, 0.1) is 0 Å². The van der Waals surface area contributed by atoms with Gasteiger partial charge in [0.1, 0.15) is 11.5 Å². The number of aromatic nitrogens is 1. The van der Waals surface area contributed by atoms with Crippen LogP contribution in [0.15, 0.2) is 83.2 Å². The Morgan fingerprint density at radius 2 is 1.57 bits per heavy atom. The molecule has 0 atom stereocenters. The van der Waals surface area contributed by atoms with Crippen LogP contribution in [0.3, 0.4) is 0 Å². The summed E-state index contributed by atoms with van der Waals surface area (Å²) < 4.78 is 71.8. The van der Waals surface area contributed by atoms with Crippen molar-refractivity contribution in [2.75, 3.05) is 11.3 Å². The maximum Gasteiger partial charge on any atom is 0.416 e. The minimum absolute atomic E-state index is 0.0488. The second-order valence-electron chi connectivity index (χ2n) is 7.39. The van der Waals surface area contributed by atoms with Crippen molar-refractivity contribution in [3.63, 3.8) is 0 Å². The van der Waals surface area contributed by atoms with E-state index in [2.05, 4.69) is 9.71 Å². The van der Waals surface area contributed by atoms with Crippen molar-refractivity contribution in [3.8, 4) is 22.6 Å². The standard InChI is InChI=1S/C24H19F3N2O4S2/c25-24(26,27)19-4-8-21(9-5-19)33-20-6-1-16(2-7-20)17-3-10-22(18(15-17)11-13-30)35(31,32)29-23-28-12-14-34-23/h1-10,12,14-15,30H,11,13H2,(H,28,29). The van der Waals surface area contributed by atoms with Crippen molar-refractivity contribution in [2.45, 2.75) is 17.5 Å². The fourth-order valence-electron chi connectivity index (χ4n) is 3.34. The summed E-state index contributed by atoms with van der Waals surface area (Å²) in [4.78, 5) is 3.99. The summed E-state index contributed by atoms with van der Waals surface area (Å²) in [6, 6.07) is 16.0. The van der Waals surface area contributed by atoms with Crippen LogP contribution < -0.4 is 9.46 Å². The SMILES string of the molecule is O=S(=O)(Nc1nccs1)c1ccc(-c2ccc(Oc3ccc(C(F)(F)F)cc3)cc2)cc1CCO. The number of sulfonamides is 1. The first-order valence-electron chi connectivity index (χ1n) is 10.3. The molecule has 35 heavy (non-hydrogen) atoms. The number of aliphatic hydroxyl groups excluding tert-OH is 1. The number of halogens is 3. The number of anilines is 1. The zero-order valence-electron chi connectivity index (χ0n) is 18.0. The van der Waals surface area contributed by atoms with E-state index >= 15 is 0 Å². The zero-order valence-corrected chi connectivity index (χ0v) is 19.6. The molecule has 6 nitrogen and oxygen atoms in total. The first-order valence-corrected chi connectivity index (χ1v) is 12.6. The molecule has 0 amide bonds. The summed E-state index contributed by atoms with van der Waals surface area (Å²) in [5.41, 5.74) is 1.17. The molecule has 1 heterocycles. The van der Waals surface area contributed by atoms with Gasteiger partial charge in [0.15, 0.2) is 5.13 Å². The van der Waals surface area contributed by atoms with Crippen molar-refractivity contribution in [3.05, 3.63) is 89.4 Å². The highest BCUT2D eigenvalue weighted by molar-refractivity contribution is 7.93. The molecule has 1 aromatic heterocycles. The van der Waals surface area contributed by atoms with Gasteiger partial charge < -0.3 is 9.84 Å². The fraction of sp³-hybridized carbons (Fsp3) is 0.125. The van der Waals surface area contributed by atoms with Gasteiger partial charge in [0.05, 0.1) is 10.5 Å². The molecule has 4 rings (SSSR count). The predicted molar refractivity (Wildman–Crippen MR) is 127 cm³/mol. The number of thiazole rings is 1. The Labute approximate surface area is 203 Å². The molecule has 0 unspecified atom stereocenters. The van der Waals surface area contributed by atoms with Gasteiger partial charge in [-0.25, -0.2) is 13.4 Å². The lowest BCUT2D eigenvalue weighted by Gasteiger charge is -2.13. The van der Waals surface area contributed by atoms with Crippen LogP contribution in [0.5, 0.6) is 11.5 Å². The van der Waals surface area contributed by atoms with E-state index in [1.807, 2.05) is 0 Å². The third-order valence-electron chi connectivity index (χ3n) is 4.99. The molecular weight excluding hydrogens is 501 g/mol. The van der Waals surface area contributed by atoms with Crippen LogP contribution in [0.25, 0.3) is 11.1 Å². The Morgan fingerprint density at radius 3 is 2.14 bits per heavy atom. The number of alkyl halides is 3. The second-order valence-corrected chi connectivity index (χ2v) is 9.93. The van der Waals surface area contributed by atoms with Gasteiger partial charge in [-0.1, -0.05) is 18.2 Å². The van der Waals surface area contributed by atoms with Gasteiger partial charge in [-0.05, 0) is 71.6 Å². The average Bonchev–Trinajstić information content (AvgIpc) is 3.32. The van der Waals surface area contributed by atoms with E-state index in [0.717, 1.165) is 34.6 Å². The molecule has 2 N–H and O–H groups in total. The second kappa shape index (κ2) is 10.1. The van der Waals surface area contributed by atoms with E-state index in [-0.39, 0.29) is 28.8 Å². The van der Waals surface area contributed by atoms with Crippen LogP contribution in [0.1, 0.15) is 11.1 Å². The summed E-state index contributed by atoms with van der Waals surface area (Å²) >= 11 is 1.15. The Morgan fingerprint density at radius 1 is 0.943 bits per heavy atom. The number of aliphatic hydroxyl groups is 1. The van der Waals surface area contributed by atoms with Gasteiger partial charge in [-0.3, -0.25) is 4.72 Å². The third-order valence-corrected chi connectivity index (χ3v) is 7.25. The minimum atomic E-state index is -4.42. The van der Waals surface area contributed by atoms with Gasteiger partial charge in [0, 0.05) is 18.2 Å². The summed E-state index contributed by atoms with van der Waals surface area (Å²) in [7, 11) is -3.89. The van der Waals surface area contributed by atoms with Crippen LogP contribution >= 0.6 is 11.3 Å². The van der Waals surface area contributed by atoms with Crippen LogP contribution in [-0.2, 0) is 22.6 Å². The van der Waals surface area contributed by atoms with Crippen molar-refractivity contribution in [1.82, 2.24) is 4.98 Å². The quantitative estimate of drug-likeness (QED) is 0.299. The third kappa shape index (κ3) is 5.99. The molecule has 3 aromatic carbocycles. The lowest BCUT2D eigenvalue weighted by atomic mass is 10.0. The Kier molecular flexibility index (Phi) is 7.10.